The Morgan fingerprint density at radius 1 is 1.44 bits per heavy atom. The zero-order valence-corrected chi connectivity index (χ0v) is 10.1. The van der Waals surface area contributed by atoms with Crippen molar-refractivity contribution in [1.29, 1.82) is 0 Å². The van der Waals surface area contributed by atoms with Crippen LogP contribution in [-0.4, -0.2) is 15.7 Å². The average Bonchev–Trinajstić information content (AvgIpc) is 2.73. The number of aromatic nitrogens is 2. The van der Waals surface area contributed by atoms with Crippen LogP contribution >= 0.6 is 0 Å². The minimum Gasteiger partial charge on any atom is -0.397 e. The van der Waals surface area contributed by atoms with Crippen molar-refractivity contribution in [2.75, 3.05) is 11.1 Å². The van der Waals surface area contributed by atoms with E-state index in [0.29, 0.717) is 23.5 Å². The SMILES string of the molecule is Cn1ccc(CNc2c(N)cccc2C(N)=O)n1. The number of nitrogens with one attached hydrogen (secondary N) is 1. The van der Waals surface area contributed by atoms with Crippen LogP contribution in [0.4, 0.5) is 11.4 Å². The quantitative estimate of drug-likeness (QED) is 0.691. The number of amides is 1. The molecule has 1 aromatic carbocycles. The summed E-state index contributed by atoms with van der Waals surface area (Å²) in [6.07, 6.45) is 1.85. The van der Waals surface area contributed by atoms with Gasteiger partial charge in [-0.05, 0) is 18.2 Å². The van der Waals surface area contributed by atoms with Crippen molar-refractivity contribution in [3.8, 4) is 0 Å². The monoisotopic (exact) mass is 245 g/mol. The number of nitrogens with two attached hydrogens (primary N) is 2. The standard InChI is InChI=1S/C12H15N5O/c1-17-6-5-8(16-17)7-15-11-9(12(14)18)3-2-4-10(11)13/h2-6,15H,7,13H2,1H3,(H2,14,18). The molecule has 0 aliphatic carbocycles. The van der Waals surface area contributed by atoms with Crippen molar-refractivity contribution in [1.82, 2.24) is 9.78 Å². The van der Waals surface area contributed by atoms with Gasteiger partial charge in [0.15, 0.2) is 0 Å². The Hall–Kier alpha value is -2.50. The third-order valence-corrected chi connectivity index (χ3v) is 2.58. The second kappa shape index (κ2) is 4.79. The molecule has 1 amide bonds. The molecule has 6 heteroatoms. The molecule has 1 aromatic heterocycles. The van der Waals surface area contributed by atoms with E-state index in [1.807, 2.05) is 19.3 Å². The summed E-state index contributed by atoms with van der Waals surface area (Å²) in [7, 11) is 1.84. The fourth-order valence-corrected chi connectivity index (χ4v) is 1.71. The average molecular weight is 245 g/mol. The number of carbonyl (C=O) groups is 1. The lowest BCUT2D eigenvalue weighted by Crippen LogP contribution is -2.15. The van der Waals surface area contributed by atoms with E-state index in [1.165, 1.54) is 0 Å². The number of nitrogen functional groups attached to an aromatic ring is 1. The smallest absolute Gasteiger partial charge is 0.250 e. The van der Waals surface area contributed by atoms with Crippen molar-refractivity contribution in [2.24, 2.45) is 12.8 Å². The number of anilines is 2. The molecule has 0 unspecified atom stereocenters. The molecule has 5 N–H and O–H groups in total. The predicted octanol–water partition coefficient (Wildman–Crippen LogP) is 0.713. The number of nitrogens with zero attached hydrogens (tertiary/aromatic N) is 2. The largest absolute Gasteiger partial charge is 0.397 e. The first-order valence-corrected chi connectivity index (χ1v) is 5.48. The Bertz CT molecular complexity index is 576. The number of hydrogen-bond acceptors (Lipinski definition) is 4. The minimum absolute atomic E-state index is 0.380. The first kappa shape index (κ1) is 12.0. The molecule has 2 rings (SSSR count). The molecule has 0 saturated carbocycles. The van der Waals surface area contributed by atoms with Gasteiger partial charge >= 0.3 is 0 Å². The normalized spacial score (nSPS) is 10.3. The molecular formula is C12H15N5O. The molecule has 0 atom stereocenters. The lowest BCUT2D eigenvalue weighted by Gasteiger charge is -2.11. The van der Waals surface area contributed by atoms with E-state index in [0.717, 1.165) is 5.69 Å². The molecule has 2 aromatic rings. The van der Waals surface area contributed by atoms with Crippen LogP contribution in [0.2, 0.25) is 0 Å². The maximum atomic E-state index is 11.3. The van der Waals surface area contributed by atoms with Gasteiger partial charge in [0.2, 0.25) is 0 Å². The highest BCUT2D eigenvalue weighted by molar-refractivity contribution is 6.01. The zero-order chi connectivity index (χ0) is 13.1. The van der Waals surface area contributed by atoms with E-state index in [9.17, 15) is 4.79 Å². The van der Waals surface area contributed by atoms with Crippen molar-refractivity contribution < 1.29 is 4.79 Å². The molecule has 94 valence electrons. The minimum atomic E-state index is -0.508. The second-order valence-corrected chi connectivity index (χ2v) is 3.97. The summed E-state index contributed by atoms with van der Waals surface area (Å²) in [5, 5.41) is 7.32. The number of primary amides is 1. The topological polar surface area (TPSA) is 99.0 Å². The van der Waals surface area contributed by atoms with Crippen LogP contribution in [0.5, 0.6) is 0 Å². The van der Waals surface area contributed by atoms with Crippen LogP contribution in [0.25, 0.3) is 0 Å². The summed E-state index contributed by atoms with van der Waals surface area (Å²) in [5.41, 5.74) is 13.4. The number of rotatable bonds is 4. The summed E-state index contributed by atoms with van der Waals surface area (Å²) < 4.78 is 1.71. The van der Waals surface area contributed by atoms with E-state index >= 15 is 0 Å². The molecule has 0 radical (unpaired) electrons. The van der Waals surface area contributed by atoms with Crippen LogP contribution in [-0.2, 0) is 13.6 Å². The molecule has 1 heterocycles. The van der Waals surface area contributed by atoms with E-state index in [-0.39, 0.29) is 0 Å². The molecular weight excluding hydrogens is 230 g/mol. The maximum Gasteiger partial charge on any atom is 0.250 e. The summed E-state index contributed by atoms with van der Waals surface area (Å²) >= 11 is 0. The Labute approximate surface area is 105 Å². The first-order chi connectivity index (χ1) is 8.58. The van der Waals surface area contributed by atoms with Gasteiger partial charge in [0.05, 0.1) is 29.2 Å². The summed E-state index contributed by atoms with van der Waals surface area (Å²) in [6, 6.07) is 6.93. The fraction of sp³-hybridized carbons (Fsp3) is 0.167. The van der Waals surface area contributed by atoms with Crippen molar-refractivity contribution in [3.05, 3.63) is 41.7 Å². The lowest BCUT2D eigenvalue weighted by atomic mass is 10.1. The van der Waals surface area contributed by atoms with Crippen LogP contribution in [0.15, 0.2) is 30.5 Å². The zero-order valence-electron chi connectivity index (χ0n) is 10.1. The van der Waals surface area contributed by atoms with Gasteiger partial charge in [-0.15, -0.1) is 0 Å². The van der Waals surface area contributed by atoms with Crippen molar-refractivity contribution >= 4 is 17.3 Å². The molecule has 0 aliphatic heterocycles. The molecule has 0 spiro atoms. The Morgan fingerprint density at radius 2 is 2.22 bits per heavy atom. The van der Waals surface area contributed by atoms with E-state index in [1.54, 1.807) is 22.9 Å². The Balaban J connectivity index is 2.20. The number of aryl methyl sites for hydroxylation is 1. The van der Waals surface area contributed by atoms with Crippen LogP contribution in [0.3, 0.4) is 0 Å². The highest BCUT2D eigenvalue weighted by Gasteiger charge is 2.10. The second-order valence-electron chi connectivity index (χ2n) is 3.97. The van der Waals surface area contributed by atoms with Gasteiger partial charge in [-0.1, -0.05) is 6.07 Å². The maximum absolute atomic E-state index is 11.3. The van der Waals surface area contributed by atoms with Crippen molar-refractivity contribution in [3.63, 3.8) is 0 Å². The van der Waals surface area contributed by atoms with Gasteiger partial charge < -0.3 is 16.8 Å². The highest BCUT2D eigenvalue weighted by Crippen LogP contribution is 2.23. The highest BCUT2D eigenvalue weighted by atomic mass is 16.1. The van der Waals surface area contributed by atoms with Gasteiger partial charge in [-0.25, -0.2) is 0 Å². The van der Waals surface area contributed by atoms with Crippen molar-refractivity contribution in [2.45, 2.75) is 6.54 Å². The van der Waals surface area contributed by atoms with Crippen LogP contribution < -0.4 is 16.8 Å². The van der Waals surface area contributed by atoms with Gasteiger partial charge in [0.25, 0.3) is 5.91 Å². The summed E-state index contributed by atoms with van der Waals surface area (Å²) in [4.78, 5) is 11.3. The Morgan fingerprint density at radius 3 is 2.83 bits per heavy atom. The number of benzene rings is 1. The fourth-order valence-electron chi connectivity index (χ4n) is 1.71. The van der Waals surface area contributed by atoms with Gasteiger partial charge in [0, 0.05) is 13.2 Å². The molecule has 6 nitrogen and oxygen atoms in total. The van der Waals surface area contributed by atoms with E-state index in [2.05, 4.69) is 10.4 Å². The first-order valence-electron chi connectivity index (χ1n) is 5.48. The molecule has 0 bridgehead atoms. The number of carbonyl (C=O) groups excluding carboxylic acids is 1. The van der Waals surface area contributed by atoms with Gasteiger partial charge in [0.1, 0.15) is 0 Å². The third kappa shape index (κ3) is 2.42. The lowest BCUT2D eigenvalue weighted by molar-refractivity contribution is 0.100. The van der Waals surface area contributed by atoms with Crippen LogP contribution in [0, 0.1) is 0 Å². The summed E-state index contributed by atoms with van der Waals surface area (Å²) in [6.45, 7) is 0.481. The molecule has 0 fully saturated rings. The van der Waals surface area contributed by atoms with E-state index in [4.69, 9.17) is 11.5 Å². The molecule has 0 aliphatic rings. The number of hydrogen-bond donors (Lipinski definition) is 3. The van der Waals surface area contributed by atoms with Crippen LogP contribution in [0.1, 0.15) is 16.1 Å². The van der Waals surface area contributed by atoms with Gasteiger partial charge in [-0.3, -0.25) is 9.48 Å². The Kier molecular flexibility index (Phi) is 3.18. The molecule has 18 heavy (non-hydrogen) atoms. The predicted molar refractivity (Wildman–Crippen MR) is 69.9 cm³/mol. The number of para-hydroxylation sites is 1. The molecule has 0 saturated heterocycles. The summed E-state index contributed by atoms with van der Waals surface area (Å²) in [5.74, 6) is -0.508. The third-order valence-electron chi connectivity index (χ3n) is 2.58. The van der Waals surface area contributed by atoms with Gasteiger partial charge in [-0.2, -0.15) is 5.10 Å². The van der Waals surface area contributed by atoms with E-state index < -0.39 is 5.91 Å².